The maximum Gasteiger partial charge on any atom is 0.216 e. The van der Waals surface area contributed by atoms with Crippen LogP contribution in [0.4, 0.5) is 0 Å². The average Bonchev–Trinajstić information content (AvgIpc) is 3.63. The van der Waals surface area contributed by atoms with Crippen LogP contribution in [0.1, 0.15) is 38.8 Å². The van der Waals surface area contributed by atoms with Crippen LogP contribution in [0.5, 0.6) is 0 Å². The van der Waals surface area contributed by atoms with E-state index in [0.29, 0.717) is 61.1 Å². The Morgan fingerprint density at radius 3 is 2.42 bits per heavy atom. The molecule has 0 fully saturated rings. The minimum Gasteiger partial charge on any atom is -0.486 e. The molecule has 0 aliphatic carbocycles. The summed E-state index contributed by atoms with van der Waals surface area (Å²) in [6.07, 6.45) is 4.56. The second-order valence-corrected chi connectivity index (χ2v) is 11.7. The number of rotatable bonds is 4. The molecule has 5 aromatic heterocycles. The smallest absolute Gasteiger partial charge is 0.216 e. The molecule has 0 atom stereocenters. The first-order chi connectivity index (χ1) is 29.8. The third kappa shape index (κ3) is 6.79. The molecule has 6 heteroatoms. The Morgan fingerprint density at radius 2 is 1.60 bits per heavy atom. The molecule has 0 bridgehead atoms. The van der Waals surface area contributed by atoms with E-state index in [1.54, 1.807) is 73.1 Å². The second-order valence-electron chi connectivity index (χ2n) is 11.7. The summed E-state index contributed by atoms with van der Waals surface area (Å²) < 4.78 is 99.2. The summed E-state index contributed by atoms with van der Waals surface area (Å²) in [4.78, 5) is 17.3. The molecule has 0 saturated heterocycles. The van der Waals surface area contributed by atoms with E-state index in [-0.39, 0.29) is 48.2 Å². The van der Waals surface area contributed by atoms with E-state index in [1.807, 2.05) is 36.4 Å². The number of hydrogen-bond acceptors (Lipinski definition) is 5. The fraction of sp³-hybridized carbons (Fsp3) is 0.0870. The van der Waals surface area contributed by atoms with Crippen LogP contribution in [0, 0.1) is 39.5 Å². The Kier molecular flexibility index (Phi) is 6.52. The van der Waals surface area contributed by atoms with Gasteiger partial charge in [-0.25, -0.2) is 4.98 Å². The van der Waals surface area contributed by atoms with E-state index in [9.17, 15) is 0 Å². The van der Waals surface area contributed by atoms with Crippen molar-refractivity contribution in [3.63, 3.8) is 0 Å². The van der Waals surface area contributed by atoms with Crippen LogP contribution in [0.3, 0.4) is 0 Å². The zero-order valence-electron chi connectivity index (χ0n) is 39.2. The molecule has 0 spiro atoms. The van der Waals surface area contributed by atoms with E-state index < -0.39 is 27.4 Å². The van der Waals surface area contributed by atoms with Crippen molar-refractivity contribution in [2.24, 2.45) is 0 Å². The van der Waals surface area contributed by atoms with E-state index in [2.05, 4.69) is 32.1 Å². The number of aryl methyl sites for hydroxylation is 4. The SMILES string of the molecule is [2H]C([2H])([2H])c1ccc(-c2[c-]cc(C([2H])([2H])[2H])c(-c3ccccc3)c2)nc1.[2H]C([2H])([2H])c1ccc2c(n1)oc1c(-c3cc(-c4ccc5ncccc5c4C([2H])([2H])[2H])ccn3)[c-]ccc12.[Ir]. The Balaban J connectivity index is 0.000000201. The van der Waals surface area contributed by atoms with Gasteiger partial charge < -0.3 is 14.4 Å². The van der Waals surface area contributed by atoms with E-state index in [1.165, 1.54) is 24.4 Å². The van der Waals surface area contributed by atoms with Crippen molar-refractivity contribution < 1.29 is 41.0 Å². The van der Waals surface area contributed by atoms with Gasteiger partial charge in [-0.05, 0) is 90.1 Å². The quantitative estimate of drug-likeness (QED) is 0.165. The first kappa shape index (κ1) is 22.9. The van der Waals surface area contributed by atoms with Crippen molar-refractivity contribution in [2.45, 2.75) is 27.4 Å². The summed E-state index contributed by atoms with van der Waals surface area (Å²) in [5.41, 5.74) is 6.67. The van der Waals surface area contributed by atoms with Gasteiger partial charge in [-0.1, -0.05) is 84.0 Å². The first-order valence-electron chi connectivity index (χ1n) is 22.0. The molecule has 0 aliphatic heterocycles. The summed E-state index contributed by atoms with van der Waals surface area (Å²) in [5.74, 6) is 0. The number of hydrogen-bond donors (Lipinski definition) is 0. The summed E-state index contributed by atoms with van der Waals surface area (Å²) in [6.45, 7) is -9.19. The number of furan rings is 1. The van der Waals surface area contributed by atoms with Crippen LogP contribution in [0.2, 0.25) is 0 Å². The van der Waals surface area contributed by atoms with Gasteiger partial charge in [0.25, 0.3) is 0 Å². The zero-order valence-corrected chi connectivity index (χ0v) is 29.6. The zero-order chi connectivity index (χ0) is 44.9. The van der Waals surface area contributed by atoms with Crippen molar-refractivity contribution in [1.29, 1.82) is 0 Å². The van der Waals surface area contributed by atoms with Crippen LogP contribution in [0.15, 0.2) is 138 Å². The molecule has 4 aromatic carbocycles. The predicted octanol–water partition coefficient (Wildman–Crippen LogP) is 11.5. The molecule has 9 aromatic rings. The minimum absolute atomic E-state index is 0. The van der Waals surface area contributed by atoms with E-state index >= 15 is 0 Å². The molecule has 1 radical (unpaired) electrons. The molecule has 0 unspecified atom stereocenters. The van der Waals surface area contributed by atoms with Crippen molar-refractivity contribution in [2.75, 3.05) is 0 Å². The van der Waals surface area contributed by atoms with Gasteiger partial charge in [0.05, 0.1) is 11.1 Å². The molecule has 0 saturated carbocycles. The van der Waals surface area contributed by atoms with Gasteiger partial charge in [-0.3, -0.25) is 4.98 Å². The first-order valence-corrected chi connectivity index (χ1v) is 16.0. The van der Waals surface area contributed by atoms with Gasteiger partial charge in [0, 0.05) is 71.6 Å². The van der Waals surface area contributed by atoms with E-state index in [4.69, 9.17) is 20.9 Å². The fourth-order valence-corrected chi connectivity index (χ4v) is 5.99. The minimum atomic E-state index is -2.36. The monoisotopic (exact) mass is 863 g/mol. The van der Waals surface area contributed by atoms with Crippen LogP contribution in [0.25, 0.3) is 77.7 Å². The molecule has 0 amide bonds. The summed E-state index contributed by atoms with van der Waals surface area (Å²) in [5, 5.41) is 2.00. The summed E-state index contributed by atoms with van der Waals surface area (Å²) in [7, 11) is 0. The second kappa shape index (κ2) is 14.8. The van der Waals surface area contributed by atoms with Crippen molar-refractivity contribution in [1.82, 2.24) is 19.9 Å². The third-order valence-electron chi connectivity index (χ3n) is 8.49. The van der Waals surface area contributed by atoms with Crippen molar-refractivity contribution in [3.8, 4) is 44.8 Å². The molecule has 0 aliphatic rings. The van der Waals surface area contributed by atoms with Crippen LogP contribution < -0.4 is 0 Å². The number of benzene rings is 4. The fourth-order valence-electron chi connectivity index (χ4n) is 5.99. The van der Waals surface area contributed by atoms with Gasteiger partial charge in [0.15, 0.2) is 0 Å². The number of fused-ring (bicyclic) bond motifs is 4. The number of pyridine rings is 4. The largest absolute Gasteiger partial charge is 0.486 e. The van der Waals surface area contributed by atoms with Crippen molar-refractivity contribution >= 4 is 33.0 Å². The molecule has 255 valence electrons. The molecule has 9 rings (SSSR count). The van der Waals surface area contributed by atoms with E-state index in [0.717, 1.165) is 10.9 Å². The normalized spacial score (nSPS) is 15.3. The van der Waals surface area contributed by atoms with Gasteiger partial charge in [-0.2, -0.15) is 0 Å². The van der Waals surface area contributed by atoms with Crippen LogP contribution >= 0.6 is 0 Å². The number of aromatic nitrogens is 4. The molecule has 5 nitrogen and oxygen atoms in total. The number of nitrogens with zero attached hydrogens (tertiary/aromatic N) is 4. The molecule has 0 N–H and O–H groups in total. The molecule has 5 heterocycles. The van der Waals surface area contributed by atoms with Gasteiger partial charge in [-0.15, -0.1) is 47.5 Å². The summed E-state index contributed by atoms with van der Waals surface area (Å²) in [6, 6.07) is 39.0. The Labute approximate surface area is 333 Å². The van der Waals surface area contributed by atoms with Gasteiger partial charge in [0.2, 0.25) is 5.71 Å². The van der Waals surface area contributed by atoms with Gasteiger partial charge in [0.1, 0.15) is 0 Å². The van der Waals surface area contributed by atoms with Crippen LogP contribution in [-0.2, 0) is 20.1 Å². The molecule has 52 heavy (non-hydrogen) atoms. The third-order valence-corrected chi connectivity index (χ3v) is 8.49. The predicted molar refractivity (Wildman–Crippen MR) is 207 cm³/mol. The van der Waals surface area contributed by atoms with Crippen LogP contribution in [-0.4, -0.2) is 19.9 Å². The summed E-state index contributed by atoms with van der Waals surface area (Å²) >= 11 is 0. The Hall–Kier alpha value is -5.81. The maximum absolute atomic E-state index is 8.22. The molecular formula is C46H34IrN4O-2. The van der Waals surface area contributed by atoms with Crippen molar-refractivity contribution in [3.05, 3.63) is 168 Å². The standard InChI is InChI=1S/C27H18N3O.C19H16N.Ir/c1-16-8-9-22-21-5-3-6-23(26(21)31-27(22)30-16)25-15-18(12-14-29-25)19-10-11-24-20(17(19)2)7-4-13-28-24;1-14-8-11-19(20-13-14)17-10-9-15(2)18(12-17)16-6-4-3-5-7-16;/h3-5,7-15H,1-2H3;3-9,11-13H,1-2H3;/q2*-1;/i2*1D3,2D3;. The maximum atomic E-state index is 8.22. The van der Waals surface area contributed by atoms with Gasteiger partial charge >= 0.3 is 0 Å². The average molecular weight is 863 g/mol. The molecular weight excluding hydrogens is 817 g/mol. The Bertz CT molecular complexity index is 3130. The Morgan fingerprint density at radius 1 is 0.654 bits per heavy atom. The topological polar surface area (TPSA) is 64.7 Å².